The first-order valence-electron chi connectivity index (χ1n) is 7.69. The molecule has 0 spiro atoms. The van der Waals surface area contributed by atoms with Crippen molar-refractivity contribution in [3.8, 4) is 5.75 Å². The molecule has 1 aliphatic heterocycles. The van der Waals surface area contributed by atoms with Crippen molar-refractivity contribution in [2.75, 3.05) is 4.90 Å². The average molecular weight is 388 g/mol. The lowest BCUT2D eigenvalue weighted by molar-refractivity contribution is 0.473. The summed E-state index contributed by atoms with van der Waals surface area (Å²) in [5.41, 5.74) is 1.55. The fourth-order valence-corrected chi connectivity index (χ4v) is 4.59. The Morgan fingerprint density at radius 1 is 1.12 bits per heavy atom. The minimum absolute atomic E-state index is 0.136. The van der Waals surface area contributed by atoms with E-state index in [1.54, 1.807) is 18.3 Å². The molecule has 0 amide bonds. The summed E-state index contributed by atoms with van der Waals surface area (Å²) in [5.74, 6) is 0.181. The summed E-state index contributed by atoms with van der Waals surface area (Å²) in [6.45, 7) is 0. The molecule has 4 nitrogen and oxygen atoms in total. The molecule has 0 saturated carbocycles. The molecular weight excluding hydrogens is 374 g/mol. The Balaban J connectivity index is 1.85. The molecule has 0 unspecified atom stereocenters. The van der Waals surface area contributed by atoms with Crippen molar-refractivity contribution in [2.45, 2.75) is 12.1 Å². The molecule has 126 valence electrons. The van der Waals surface area contributed by atoms with Crippen LogP contribution in [0.5, 0.6) is 5.75 Å². The summed E-state index contributed by atoms with van der Waals surface area (Å²) in [7, 11) is 0. The third-order valence-electron chi connectivity index (χ3n) is 4.12. The number of anilines is 1. The molecule has 2 aromatic heterocycles. The molecule has 4 rings (SSSR count). The van der Waals surface area contributed by atoms with E-state index in [1.807, 2.05) is 47.4 Å². The van der Waals surface area contributed by atoms with E-state index in [4.69, 9.17) is 23.8 Å². The van der Waals surface area contributed by atoms with E-state index < -0.39 is 0 Å². The van der Waals surface area contributed by atoms with Crippen molar-refractivity contribution in [1.82, 2.24) is 10.3 Å². The maximum atomic E-state index is 10.3. The maximum absolute atomic E-state index is 10.3. The lowest BCUT2D eigenvalue weighted by atomic mass is 10.0. The molecule has 1 aromatic carbocycles. The Hall–Kier alpha value is -2.15. The third-order valence-corrected chi connectivity index (χ3v) is 5.74. The zero-order valence-corrected chi connectivity index (χ0v) is 15.4. The first-order chi connectivity index (χ1) is 12.1. The topological polar surface area (TPSA) is 48.4 Å². The largest absolute Gasteiger partial charge is 0.506 e. The van der Waals surface area contributed by atoms with E-state index in [-0.39, 0.29) is 17.8 Å². The van der Waals surface area contributed by atoms with Crippen LogP contribution in [0.1, 0.15) is 22.7 Å². The first kappa shape index (κ1) is 16.3. The summed E-state index contributed by atoms with van der Waals surface area (Å²) in [5, 5.41) is 14.2. The van der Waals surface area contributed by atoms with Gasteiger partial charge in [-0.25, -0.2) is 0 Å². The number of pyridine rings is 1. The van der Waals surface area contributed by atoms with E-state index in [2.05, 4.69) is 10.3 Å². The van der Waals surface area contributed by atoms with Gasteiger partial charge in [0.2, 0.25) is 0 Å². The van der Waals surface area contributed by atoms with E-state index in [0.29, 0.717) is 15.1 Å². The van der Waals surface area contributed by atoms with Crippen molar-refractivity contribution in [2.24, 2.45) is 0 Å². The number of rotatable bonds is 3. The van der Waals surface area contributed by atoms with Crippen LogP contribution in [-0.4, -0.2) is 15.2 Å². The summed E-state index contributed by atoms with van der Waals surface area (Å²) < 4.78 is 0.713. The van der Waals surface area contributed by atoms with Crippen LogP contribution < -0.4 is 10.2 Å². The van der Waals surface area contributed by atoms with E-state index >= 15 is 0 Å². The highest BCUT2D eigenvalue weighted by Gasteiger charge is 2.42. The third kappa shape index (κ3) is 2.97. The van der Waals surface area contributed by atoms with Gasteiger partial charge in [-0.3, -0.25) is 4.98 Å². The van der Waals surface area contributed by atoms with Gasteiger partial charge in [-0.2, -0.15) is 0 Å². The molecule has 3 aromatic rings. The van der Waals surface area contributed by atoms with Crippen LogP contribution in [0.3, 0.4) is 0 Å². The predicted octanol–water partition coefficient (Wildman–Crippen LogP) is 4.68. The predicted molar refractivity (Wildman–Crippen MR) is 105 cm³/mol. The molecule has 1 aliphatic rings. The number of halogens is 1. The fourth-order valence-electron chi connectivity index (χ4n) is 3.06. The Kier molecular flexibility index (Phi) is 4.33. The molecule has 1 saturated heterocycles. The van der Waals surface area contributed by atoms with Gasteiger partial charge in [0.1, 0.15) is 5.75 Å². The van der Waals surface area contributed by atoms with Crippen LogP contribution in [-0.2, 0) is 0 Å². The highest BCUT2D eigenvalue weighted by atomic mass is 35.5. The molecule has 3 heterocycles. The van der Waals surface area contributed by atoms with Crippen LogP contribution in [0, 0.1) is 0 Å². The average Bonchev–Trinajstić information content (AvgIpc) is 3.19. The Morgan fingerprint density at radius 3 is 2.60 bits per heavy atom. The second kappa shape index (κ2) is 6.63. The number of phenolic OH excluding ortho intramolecular Hbond substituents is 1. The second-order valence-corrected chi connectivity index (χ2v) is 7.76. The second-order valence-electron chi connectivity index (χ2n) is 5.63. The van der Waals surface area contributed by atoms with Gasteiger partial charge < -0.3 is 15.3 Å². The zero-order valence-electron chi connectivity index (χ0n) is 13.0. The highest BCUT2D eigenvalue weighted by molar-refractivity contribution is 7.80. The summed E-state index contributed by atoms with van der Waals surface area (Å²) in [4.78, 5) is 7.48. The Morgan fingerprint density at radius 2 is 1.92 bits per heavy atom. The molecule has 2 N–H and O–H groups in total. The van der Waals surface area contributed by atoms with Crippen LogP contribution >= 0.6 is 35.2 Å². The number of nitrogens with zero attached hydrogens (tertiary/aromatic N) is 2. The minimum atomic E-state index is -0.145. The van der Waals surface area contributed by atoms with Crippen LogP contribution in [0.25, 0.3) is 0 Å². The number of thiocarbonyl (C=S) groups is 1. The summed E-state index contributed by atoms with van der Waals surface area (Å²) >= 11 is 13.3. The normalized spacial score (nSPS) is 19.9. The van der Waals surface area contributed by atoms with Crippen molar-refractivity contribution < 1.29 is 5.11 Å². The number of aromatic hydroxyl groups is 1. The Labute approximate surface area is 159 Å². The van der Waals surface area contributed by atoms with Crippen LogP contribution in [0.15, 0.2) is 60.8 Å². The van der Waals surface area contributed by atoms with Gasteiger partial charge in [0, 0.05) is 11.1 Å². The van der Waals surface area contributed by atoms with Gasteiger partial charge in [-0.1, -0.05) is 29.8 Å². The molecule has 0 aliphatic carbocycles. The molecule has 0 radical (unpaired) electrons. The highest BCUT2D eigenvalue weighted by Crippen LogP contribution is 2.46. The number of nitrogens with one attached hydrogen (secondary N) is 1. The number of hydrogen-bond donors (Lipinski definition) is 2. The van der Waals surface area contributed by atoms with E-state index in [0.717, 1.165) is 10.6 Å². The van der Waals surface area contributed by atoms with Crippen molar-refractivity contribution >= 4 is 46.0 Å². The lowest BCUT2D eigenvalue weighted by Gasteiger charge is -2.27. The van der Waals surface area contributed by atoms with Crippen molar-refractivity contribution in [1.29, 1.82) is 0 Å². The monoisotopic (exact) mass is 387 g/mol. The minimum Gasteiger partial charge on any atom is -0.506 e. The molecule has 7 heteroatoms. The number of aromatic nitrogens is 1. The zero-order chi connectivity index (χ0) is 17.4. The van der Waals surface area contributed by atoms with Gasteiger partial charge in [0.05, 0.1) is 27.8 Å². The van der Waals surface area contributed by atoms with E-state index in [9.17, 15) is 5.11 Å². The molecule has 1 fully saturated rings. The SMILES string of the molecule is Oc1ccccc1N1C(=S)N[C@H](c2ccccn2)[C@H]1c1ccc(Cl)s1. The fraction of sp³-hybridized carbons (Fsp3) is 0.111. The van der Waals surface area contributed by atoms with Gasteiger partial charge in [0.15, 0.2) is 5.11 Å². The van der Waals surface area contributed by atoms with Crippen molar-refractivity contribution in [3.05, 3.63) is 75.7 Å². The quantitative estimate of drug-likeness (QED) is 0.639. The summed E-state index contributed by atoms with van der Waals surface area (Å²) in [6, 6.07) is 16.6. The smallest absolute Gasteiger partial charge is 0.174 e. The number of para-hydroxylation sites is 2. The molecular formula is C18H14ClN3OS2. The molecule has 0 bridgehead atoms. The lowest BCUT2D eigenvalue weighted by Crippen LogP contribution is -2.29. The van der Waals surface area contributed by atoms with Gasteiger partial charge in [-0.15, -0.1) is 11.3 Å². The van der Waals surface area contributed by atoms with Crippen LogP contribution in [0.4, 0.5) is 5.69 Å². The van der Waals surface area contributed by atoms with Crippen molar-refractivity contribution in [3.63, 3.8) is 0 Å². The van der Waals surface area contributed by atoms with Gasteiger partial charge >= 0.3 is 0 Å². The maximum Gasteiger partial charge on any atom is 0.174 e. The number of thiophene rings is 1. The van der Waals surface area contributed by atoms with Crippen LogP contribution in [0.2, 0.25) is 4.34 Å². The standard InChI is InChI=1S/C18H14ClN3OS2/c19-15-9-8-14(25-15)17-16(11-5-3-4-10-20-11)21-18(24)22(17)12-6-1-2-7-13(12)23/h1-10,16-17,23H,(H,21,24)/t16-,17-/m1/s1. The first-order valence-corrected chi connectivity index (χ1v) is 9.29. The van der Waals surface area contributed by atoms with E-state index in [1.165, 1.54) is 11.3 Å². The molecule has 2 atom stereocenters. The van der Waals surface area contributed by atoms with Gasteiger partial charge in [-0.05, 0) is 48.6 Å². The summed E-state index contributed by atoms with van der Waals surface area (Å²) in [6.07, 6.45) is 1.77. The number of phenols is 1. The van der Waals surface area contributed by atoms with Gasteiger partial charge in [0.25, 0.3) is 0 Å². The number of benzene rings is 1. The number of hydrogen-bond acceptors (Lipinski definition) is 4. The molecule has 25 heavy (non-hydrogen) atoms. The Bertz CT molecular complexity index is 915.